The van der Waals surface area contributed by atoms with Gasteiger partial charge in [-0.25, -0.2) is 0 Å². The first-order valence-corrected chi connectivity index (χ1v) is 10.1. The Kier molecular flexibility index (Phi) is 8.24. The fourth-order valence-electron chi connectivity index (χ4n) is 2.80. The molecule has 1 aromatic carbocycles. The summed E-state index contributed by atoms with van der Waals surface area (Å²) in [4.78, 5) is 37.7. The van der Waals surface area contributed by atoms with Crippen molar-refractivity contribution in [3.8, 4) is 0 Å². The van der Waals surface area contributed by atoms with E-state index in [2.05, 4.69) is 15.9 Å². The van der Waals surface area contributed by atoms with Crippen LogP contribution >= 0.6 is 15.9 Å². The van der Waals surface area contributed by atoms with Crippen LogP contribution in [0.3, 0.4) is 0 Å². The summed E-state index contributed by atoms with van der Waals surface area (Å²) in [5.41, 5.74) is -0.162. The molecule has 158 valence electrons. The normalized spacial score (nSPS) is 18.2. The molecule has 29 heavy (non-hydrogen) atoms. The molecule has 0 radical (unpaired) electrons. The quantitative estimate of drug-likeness (QED) is 0.362. The number of aliphatic hydroxyl groups excluding tert-OH is 1. The van der Waals surface area contributed by atoms with E-state index >= 15 is 0 Å². The monoisotopic (exact) mass is 469 g/mol. The molecule has 10 heteroatoms. The summed E-state index contributed by atoms with van der Waals surface area (Å²) >= 11 is 3.24. The van der Waals surface area contributed by atoms with Crippen molar-refractivity contribution in [1.29, 1.82) is 0 Å². The molecule has 0 spiro atoms. The van der Waals surface area contributed by atoms with Crippen molar-refractivity contribution in [3.05, 3.63) is 35.9 Å². The number of ether oxygens (including phenoxy) is 1. The summed E-state index contributed by atoms with van der Waals surface area (Å²) in [6, 6.07) is 9.26. The van der Waals surface area contributed by atoms with Gasteiger partial charge in [-0.1, -0.05) is 46.3 Å². The number of hydrogen-bond donors (Lipinski definition) is 1. The summed E-state index contributed by atoms with van der Waals surface area (Å²) in [5.74, 6) is -1.64. The van der Waals surface area contributed by atoms with Crippen LogP contribution in [0.25, 0.3) is 0 Å². The van der Waals surface area contributed by atoms with E-state index in [9.17, 15) is 19.5 Å². The Bertz CT molecular complexity index is 711. The minimum atomic E-state index is -1.30. The first-order chi connectivity index (χ1) is 13.6. The second-order valence-electron chi connectivity index (χ2n) is 7.68. The molecule has 2 atom stereocenters. The molecule has 1 N–H and O–H groups in total. The number of carbonyl (C=O) groups is 3. The van der Waals surface area contributed by atoms with Crippen molar-refractivity contribution in [2.75, 3.05) is 20.1 Å². The van der Waals surface area contributed by atoms with Crippen LogP contribution in [0.15, 0.2) is 30.3 Å². The predicted octanol–water partition coefficient (Wildman–Crippen LogP) is 1.33. The first kappa shape index (κ1) is 23.4. The molecule has 0 unspecified atom stereocenters. The zero-order valence-electron chi connectivity index (χ0n) is 16.7. The minimum absolute atomic E-state index is 0.00203. The Morgan fingerprint density at radius 2 is 1.79 bits per heavy atom. The van der Waals surface area contributed by atoms with Gasteiger partial charge in [-0.05, 0) is 32.9 Å². The molecule has 0 aliphatic carbocycles. The maximum atomic E-state index is 12.5. The highest BCUT2D eigenvalue weighted by molar-refractivity contribution is 9.10. The molecule has 1 heterocycles. The first-order valence-electron chi connectivity index (χ1n) is 9.19. The molecule has 0 amide bonds. The maximum absolute atomic E-state index is 12.5. The van der Waals surface area contributed by atoms with Gasteiger partial charge in [0.15, 0.2) is 0 Å². The lowest BCUT2D eigenvalue weighted by Crippen LogP contribution is -2.50. The van der Waals surface area contributed by atoms with Crippen LogP contribution in [-0.4, -0.2) is 66.0 Å². The van der Waals surface area contributed by atoms with Crippen LogP contribution in [0.1, 0.15) is 25.8 Å². The average molecular weight is 470 g/mol. The standard InChI is InChI=1S/C19H25BBrNO7/c1-19(2,18(26)27-12-13-7-5-4-6-8-13)9-14(23)17(21)20-28-15(24)10-22(3)11-16(25)29-20/h4-8,14,17,23H,9-12H2,1-3H3/t14-,17-/m0/s1. The van der Waals surface area contributed by atoms with Gasteiger partial charge in [-0.3, -0.25) is 19.3 Å². The highest BCUT2D eigenvalue weighted by atomic mass is 79.9. The zero-order chi connectivity index (χ0) is 21.6. The largest absolute Gasteiger partial charge is 0.615 e. The number of likely N-dealkylation sites (N-methyl/N-ethyl adjacent to an activating group) is 1. The van der Waals surface area contributed by atoms with Gasteiger partial charge in [0, 0.05) is 0 Å². The van der Waals surface area contributed by atoms with E-state index in [1.807, 2.05) is 30.3 Å². The number of alkyl halides is 1. The summed E-state index contributed by atoms with van der Waals surface area (Å²) in [6.45, 7) is 3.28. The van der Waals surface area contributed by atoms with Crippen LogP contribution in [-0.2, 0) is 35.0 Å². The van der Waals surface area contributed by atoms with Crippen molar-refractivity contribution in [1.82, 2.24) is 4.90 Å². The van der Waals surface area contributed by atoms with E-state index in [1.54, 1.807) is 20.9 Å². The second kappa shape index (κ2) is 10.2. The average Bonchev–Trinajstić information content (AvgIpc) is 2.63. The van der Waals surface area contributed by atoms with Crippen LogP contribution in [0, 0.1) is 5.41 Å². The third-order valence-corrected chi connectivity index (χ3v) is 5.45. The number of esters is 1. The van der Waals surface area contributed by atoms with Crippen molar-refractivity contribution < 1.29 is 33.5 Å². The lowest BCUT2D eigenvalue weighted by atomic mass is 9.75. The molecule has 1 saturated heterocycles. The third kappa shape index (κ3) is 7.13. The fourth-order valence-corrected chi connectivity index (χ4v) is 3.21. The van der Waals surface area contributed by atoms with E-state index in [0.29, 0.717) is 0 Å². The number of halogens is 1. The van der Waals surface area contributed by atoms with E-state index in [0.717, 1.165) is 5.56 Å². The molecular weight excluding hydrogens is 445 g/mol. The van der Waals surface area contributed by atoms with E-state index in [4.69, 9.17) is 14.0 Å². The van der Waals surface area contributed by atoms with Crippen LogP contribution in [0.5, 0.6) is 0 Å². The zero-order valence-corrected chi connectivity index (χ0v) is 18.3. The Hall–Kier alpha value is -1.91. The number of nitrogens with zero attached hydrogens (tertiary/aromatic N) is 1. The number of carbonyl (C=O) groups excluding carboxylic acids is 3. The SMILES string of the molecule is CN1CC(=O)OB([C@@H](Br)[C@@H](O)CC(C)(C)C(=O)OCc2ccccc2)OC(=O)C1. The topological polar surface area (TPSA) is 102 Å². The summed E-state index contributed by atoms with van der Waals surface area (Å²) in [7, 11) is 0.294. The van der Waals surface area contributed by atoms with Crippen molar-refractivity contribution >= 4 is 41.0 Å². The number of benzene rings is 1. The number of rotatable bonds is 7. The van der Waals surface area contributed by atoms with E-state index in [-0.39, 0.29) is 26.1 Å². The van der Waals surface area contributed by atoms with E-state index in [1.165, 1.54) is 4.90 Å². The summed E-state index contributed by atoms with van der Waals surface area (Å²) in [5, 5.41) is 10.6. The third-order valence-electron chi connectivity index (χ3n) is 4.41. The van der Waals surface area contributed by atoms with Crippen LogP contribution in [0.2, 0.25) is 0 Å². The lowest BCUT2D eigenvalue weighted by molar-refractivity contribution is -0.157. The van der Waals surface area contributed by atoms with Crippen molar-refractivity contribution in [2.45, 2.75) is 37.7 Å². The molecule has 1 aromatic rings. The molecule has 1 aliphatic heterocycles. The van der Waals surface area contributed by atoms with Gasteiger partial charge in [0.05, 0.1) is 24.6 Å². The van der Waals surface area contributed by atoms with Gasteiger partial charge in [0.1, 0.15) is 11.3 Å². The van der Waals surface area contributed by atoms with Gasteiger partial charge in [-0.15, -0.1) is 0 Å². The van der Waals surface area contributed by atoms with Gasteiger partial charge in [0.25, 0.3) is 0 Å². The Morgan fingerprint density at radius 3 is 2.34 bits per heavy atom. The van der Waals surface area contributed by atoms with Crippen molar-refractivity contribution in [3.63, 3.8) is 0 Å². The second-order valence-corrected chi connectivity index (χ2v) is 8.74. The Labute approximate surface area is 178 Å². The van der Waals surface area contributed by atoms with Crippen LogP contribution < -0.4 is 0 Å². The minimum Gasteiger partial charge on any atom is -0.497 e. The highest BCUT2D eigenvalue weighted by Crippen LogP contribution is 2.29. The van der Waals surface area contributed by atoms with Gasteiger partial charge in [0.2, 0.25) is 0 Å². The maximum Gasteiger partial charge on any atom is 0.615 e. The molecule has 0 saturated carbocycles. The summed E-state index contributed by atoms with van der Waals surface area (Å²) < 4.78 is 14.8. The molecule has 1 fully saturated rings. The lowest BCUT2D eigenvalue weighted by Gasteiger charge is -2.30. The smallest absolute Gasteiger partial charge is 0.497 e. The Balaban J connectivity index is 1.95. The predicted molar refractivity (Wildman–Crippen MR) is 109 cm³/mol. The van der Waals surface area contributed by atoms with Crippen molar-refractivity contribution in [2.24, 2.45) is 5.41 Å². The Morgan fingerprint density at radius 1 is 1.24 bits per heavy atom. The molecular formula is C19H25BBrNO7. The van der Waals surface area contributed by atoms with Gasteiger partial charge >= 0.3 is 25.0 Å². The van der Waals surface area contributed by atoms with Crippen LogP contribution in [0.4, 0.5) is 0 Å². The van der Waals surface area contributed by atoms with E-state index < -0.39 is 41.3 Å². The number of aliphatic hydroxyl groups is 1. The molecule has 8 nitrogen and oxygen atoms in total. The number of hydrogen-bond acceptors (Lipinski definition) is 8. The molecule has 0 aromatic heterocycles. The van der Waals surface area contributed by atoms with Gasteiger partial charge < -0.3 is 19.2 Å². The molecule has 0 bridgehead atoms. The summed E-state index contributed by atoms with van der Waals surface area (Å²) in [6.07, 6.45) is -1.14. The molecule has 2 rings (SSSR count). The fraction of sp³-hybridized carbons (Fsp3) is 0.526. The molecule has 1 aliphatic rings. The highest BCUT2D eigenvalue weighted by Gasteiger charge is 2.45. The van der Waals surface area contributed by atoms with Gasteiger partial charge in [-0.2, -0.15) is 0 Å².